The molecule has 1 aromatic carbocycles. The van der Waals surface area contributed by atoms with Gasteiger partial charge in [-0.2, -0.15) is 0 Å². The molecule has 0 saturated heterocycles. The van der Waals surface area contributed by atoms with Gasteiger partial charge in [-0.3, -0.25) is 0 Å². The van der Waals surface area contributed by atoms with Gasteiger partial charge in [0.15, 0.2) is 0 Å². The first-order chi connectivity index (χ1) is 7.59. The molecule has 2 rings (SSSR count). The fourth-order valence-electron chi connectivity index (χ4n) is 1.53. The summed E-state index contributed by atoms with van der Waals surface area (Å²) in [6.07, 6.45) is 1.88. The molecule has 0 bridgehead atoms. The molecule has 2 N–H and O–H groups in total. The molecule has 1 aromatic rings. The van der Waals surface area contributed by atoms with Crippen LogP contribution in [-0.4, -0.2) is 19.6 Å². The van der Waals surface area contributed by atoms with E-state index in [4.69, 9.17) is 5.11 Å². The number of aliphatic hydroxyl groups excluding tert-OH is 1. The molecule has 0 atom stereocenters. The Labute approximate surface area is 95.4 Å². The molecule has 0 radical (unpaired) electrons. The van der Waals surface area contributed by atoms with Gasteiger partial charge in [-0.05, 0) is 24.0 Å². The van der Waals surface area contributed by atoms with Crippen molar-refractivity contribution in [2.45, 2.75) is 31.2 Å². The van der Waals surface area contributed by atoms with Crippen LogP contribution in [0.1, 0.15) is 24.0 Å². The molecule has 5 heteroatoms. The van der Waals surface area contributed by atoms with Gasteiger partial charge in [0.25, 0.3) is 0 Å². The summed E-state index contributed by atoms with van der Waals surface area (Å²) >= 11 is 0. The zero-order chi connectivity index (χ0) is 11.6. The van der Waals surface area contributed by atoms with Crippen LogP contribution >= 0.6 is 0 Å². The summed E-state index contributed by atoms with van der Waals surface area (Å²) in [5.74, 6) is -0.0165. The fraction of sp³-hybridized carbons (Fsp3) is 0.455. The predicted molar refractivity (Wildman–Crippen MR) is 61.1 cm³/mol. The van der Waals surface area contributed by atoms with Crippen LogP contribution in [0.5, 0.6) is 0 Å². The molecule has 1 saturated carbocycles. The first-order valence-electron chi connectivity index (χ1n) is 5.28. The van der Waals surface area contributed by atoms with E-state index < -0.39 is 10.0 Å². The van der Waals surface area contributed by atoms with E-state index in [0.29, 0.717) is 5.56 Å². The average Bonchev–Trinajstić information content (AvgIpc) is 3.00. The molecule has 16 heavy (non-hydrogen) atoms. The highest BCUT2D eigenvalue weighted by Crippen LogP contribution is 2.20. The molecular formula is C11H15NO3S. The van der Waals surface area contributed by atoms with Gasteiger partial charge in [0.05, 0.1) is 12.4 Å². The number of hydrogen-bond acceptors (Lipinski definition) is 3. The van der Waals surface area contributed by atoms with E-state index in [2.05, 4.69) is 4.72 Å². The second kappa shape index (κ2) is 4.53. The Bertz CT molecular complexity index is 466. The van der Waals surface area contributed by atoms with Crippen molar-refractivity contribution in [2.75, 3.05) is 0 Å². The van der Waals surface area contributed by atoms with Crippen LogP contribution < -0.4 is 4.72 Å². The highest BCUT2D eigenvalue weighted by Gasteiger charge is 2.26. The Balaban J connectivity index is 2.06. The molecule has 1 aliphatic rings. The average molecular weight is 241 g/mol. The SMILES string of the molecule is O=S(=O)(Cc1cccc(CO)c1)NC1CC1. The number of hydrogen-bond donors (Lipinski definition) is 2. The topological polar surface area (TPSA) is 66.4 Å². The van der Waals surface area contributed by atoms with E-state index in [1.54, 1.807) is 24.3 Å². The molecule has 1 aliphatic carbocycles. The minimum atomic E-state index is -3.23. The van der Waals surface area contributed by atoms with Gasteiger partial charge in [-0.1, -0.05) is 24.3 Å². The van der Waals surface area contributed by atoms with Crippen LogP contribution in [0.2, 0.25) is 0 Å². The summed E-state index contributed by atoms with van der Waals surface area (Å²) in [7, 11) is -3.23. The fourth-order valence-corrected chi connectivity index (χ4v) is 2.98. The number of rotatable bonds is 5. The summed E-state index contributed by atoms with van der Waals surface area (Å²) in [5.41, 5.74) is 1.44. The Morgan fingerprint density at radius 2 is 2.00 bits per heavy atom. The third-order valence-electron chi connectivity index (χ3n) is 2.45. The molecule has 1 fully saturated rings. The third-order valence-corrected chi connectivity index (χ3v) is 3.86. The Hall–Kier alpha value is -0.910. The normalized spacial score (nSPS) is 16.3. The van der Waals surface area contributed by atoms with Gasteiger partial charge in [0.2, 0.25) is 10.0 Å². The molecule has 0 aromatic heterocycles. The largest absolute Gasteiger partial charge is 0.392 e. The van der Waals surface area contributed by atoms with E-state index in [1.165, 1.54) is 0 Å². The molecular weight excluding hydrogens is 226 g/mol. The summed E-state index contributed by atoms with van der Waals surface area (Å²) < 4.78 is 26.0. The first kappa shape index (κ1) is 11.6. The molecule has 0 amide bonds. The summed E-state index contributed by atoms with van der Waals surface area (Å²) in [6, 6.07) is 7.14. The van der Waals surface area contributed by atoms with Crippen molar-refractivity contribution < 1.29 is 13.5 Å². The highest BCUT2D eigenvalue weighted by atomic mass is 32.2. The van der Waals surface area contributed by atoms with Gasteiger partial charge in [-0.15, -0.1) is 0 Å². The zero-order valence-electron chi connectivity index (χ0n) is 8.89. The number of sulfonamides is 1. The first-order valence-corrected chi connectivity index (χ1v) is 6.93. The van der Waals surface area contributed by atoms with E-state index in [0.717, 1.165) is 18.4 Å². The van der Waals surface area contributed by atoms with Crippen LogP contribution in [0.3, 0.4) is 0 Å². The Morgan fingerprint density at radius 3 is 2.62 bits per heavy atom. The number of benzene rings is 1. The predicted octanol–water partition coefficient (Wildman–Crippen LogP) is 0.761. The van der Waals surface area contributed by atoms with Crippen molar-refractivity contribution in [1.29, 1.82) is 0 Å². The molecule has 4 nitrogen and oxygen atoms in total. The zero-order valence-corrected chi connectivity index (χ0v) is 9.70. The lowest BCUT2D eigenvalue weighted by molar-refractivity contribution is 0.282. The van der Waals surface area contributed by atoms with Crippen LogP contribution in [0.25, 0.3) is 0 Å². The van der Waals surface area contributed by atoms with Crippen LogP contribution in [0.4, 0.5) is 0 Å². The number of nitrogens with one attached hydrogen (secondary N) is 1. The number of aliphatic hydroxyl groups is 1. The van der Waals surface area contributed by atoms with Crippen molar-refractivity contribution in [3.8, 4) is 0 Å². The smallest absolute Gasteiger partial charge is 0.216 e. The summed E-state index contributed by atoms with van der Waals surface area (Å²) in [4.78, 5) is 0. The van der Waals surface area contributed by atoms with Crippen LogP contribution in [0.15, 0.2) is 24.3 Å². The molecule has 0 unspecified atom stereocenters. The van der Waals surface area contributed by atoms with E-state index in [-0.39, 0.29) is 18.4 Å². The van der Waals surface area contributed by atoms with Crippen molar-refractivity contribution >= 4 is 10.0 Å². The van der Waals surface area contributed by atoms with Crippen LogP contribution in [0, 0.1) is 0 Å². The van der Waals surface area contributed by atoms with Gasteiger partial charge < -0.3 is 5.11 Å². The lowest BCUT2D eigenvalue weighted by Crippen LogP contribution is -2.27. The Kier molecular flexibility index (Phi) is 3.28. The minimum absolute atomic E-state index is 0.0165. The lowest BCUT2D eigenvalue weighted by Gasteiger charge is -2.06. The van der Waals surface area contributed by atoms with Gasteiger partial charge in [0.1, 0.15) is 0 Å². The maximum Gasteiger partial charge on any atom is 0.216 e. The molecule has 0 aliphatic heterocycles. The van der Waals surface area contributed by atoms with Crippen LogP contribution in [-0.2, 0) is 22.4 Å². The summed E-state index contributed by atoms with van der Waals surface area (Å²) in [6.45, 7) is -0.0655. The Morgan fingerprint density at radius 1 is 1.31 bits per heavy atom. The molecule has 0 spiro atoms. The second-order valence-corrected chi connectivity index (χ2v) is 5.88. The maximum atomic E-state index is 11.7. The molecule has 0 heterocycles. The van der Waals surface area contributed by atoms with Gasteiger partial charge in [0, 0.05) is 6.04 Å². The molecule has 88 valence electrons. The van der Waals surface area contributed by atoms with Gasteiger partial charge >= 0.3 is 0 Å². The van der Waals surface area contributed by atoms with E-state index >= 15 is 0 Å². The third kappa shape index (κ3) is 3.30. The van der Waals surface area contributed by atoms with Crippen molar-refractivity contribution in [3.63, 3.8) is 0 Å². The van der Waals surface area contributed by atoms with Gasteiger partial charge in [-0.25, -0.2) is 13.1 Å². The van der Waals surface area contributed by atoms with Crippen molar-refractivity contribution in [3.05, 3.63) is 35.4 Å². The standard InChI is InChI=1S/C11H15NO3S/c13-7-9-2-1-3-10(6-9)8-16(14,15)12-11-4-5-11/h1-3,6,11-13H,4-5,7-8H2. The summed E-state index contributed by atoms with van der Waals surface area (Å²) in [5, 5.41) is 8.95. The minimum Gasteiger partial charge on any atom is -0.392 e. The van der Waals surface area contributed by atoms with E-state index in [9.17, 15) is 8.42 Å². The quantitative estimate of drug-likeness (QED) is 0.800. The highest BCUT2D eigenvalue weighted by molar-refractivity contribution is 7.88. The monoisotopic (exact) mass is 241 g/mol. The van der Waals surface area contributed by atoms with Crippen molar-refractivity contribution in [1.82, 2.24) is 4.72 Å². The van der Waals surface area contributed by atoms with E-state index in [1.807, 2.05) is 0 Å². The van der Waals surface area contributed by atoms with Crippen molar-refractivity contribution in [2.24, 2.45) is 0 Å². The maximum absolute atomic E-state index is 11.7. The lowest BCUT2D eigenvalue weighted by atomic mass is 10.1. The second-order valence-electron chi connectivity index (χ2n) is 4.13.